The van der Waals surface area contributed by atoms with Gasteiger partial charge in [0, 0.05) is 10.9 Å². The maximum Gasteiger partial charge on any atom is 0.224 e. The van der Waals surface area contributed by atoms with Gasteiger partial charge in [0.1, 0.15) is 5.54 Å². The molecule has 2 aliphatic rings. The van der Waals surface area contributed by atoms with Crippen LogP contribution in [0.4, 0.5) is 0 Å². The quantitative estimate of drug-likeness (QED) is 0.923. The summed E-state index contributed by atoms with van der Waals surface area (Å²) in [6, 6.07) is 10.0. The van der Waals surface area contributed by atoms with Crippen LogP contribution in [0.3, 0.4) is 0 Å². The van der Waals surface area contributed by atoms with Crippen molar-refractivity contribution in [2.24, 2.45) is 5.92 Å². The van der Waals surface area contributed by atoms with Crippen LogP contribution in [0.2, 0.25) is 5.02 Å². The van der Waals surface area contributed by atoms with Crippen molar-refractivity contribution in [2.75, 3.05) is 0 Å². The zero-order valence-corrected chi connectivity index (χ0v) is 12.7. The Balaban J connectivity index is 1.66. The normalized spacial score (nSPS) is 26.7. The molecular weight excluding hydrogens is 284 g/mol. The van der Waals surface area contributed by atoms with Crippen molar-refractivity contribution in [3.05, 3.63) is 34.9 Å². The van der Waals surface area contributed by atoms with E-state index in [1.165, 1.54) is 0 Å². The molecule has 2 unspecified atom stereocenters. The summed E-state index contributed by atoms with van der Waals surface area (Å²) in [6.45, 7) is 0. The Hall–Kier alpha value is -1.53. The highest BCUT2D eigenvalue weighted by atomic mass is 35.5. The van der Waals surface area contributed by atoms with E-state index >= 15 is 0 Å². The van der Waals surface area contributed by atoms with Gasteiger partial charge in [-0.3, -0.25) is 4.79 Å². The number of halogens is 1. The molecule has 21 heavy (non-hydrogen) atoms. The van der Waals surface area contributed by atoms with E-state index in [-0.39, 0.29) is 17.7 Å². The Labute approximate surface area is 130 Å². The van der Waals surface area contributed by atoms with E-state index in [1.807, 2.05) is 24.3 Å². The second kappa shape index (κ2) is 5.69. The number of hydrogen-bond donors (Lipinski definition) is 1. The maximum atomic E-state index is 12.4. The molecule has 110 valence electrons. The minimum absolute atomic E-state index is 0.0170. The van der Waals surface area contributed by atoms with Gasteiger partial charge < -0.3 is 5.32 Å². The smallest absolute Gasteiger partial charge is 0.224 e. The first-order valence-electron chi connectivity index (χ1n) is 7.63. The van der Waals surface area contributed by atoms with Gasteiger partial charge in [0.05, 0.1) is 6.07 Å². The highest BCUT2D eigenvalue weighted by Gasteiger charge is 2.47. The van der Waals surface area contributed by atoms with Crippen LogP contribution in [-0.2, 0) is 4.79 Å². The van der Waals surface area contributed by atoms with Crippen LogP contribution in [0.25, 0.3) is 0 Å². The van der Waals surface area contributed by atoms with E-state index in [9.17, 15) is 10.1 Å². The summed E-state index contributed by atoms with van der Waals surface area (Å²) in [5.74, 6) is 0.193. The molecule has 3 rings (SSSR count). The molecule has 0 radical (unpaired) electrons. The number of carbonyl (C=O) groups excluding carboxylic acids is 1. The topological polar surface area (TPSA) is 52.9 Å². The van der Waals surface area contributed by atoms with Crippen LogP contribution in [0, 0.1) is 17.2 Å². The third-order valence-corrected chi connectivity index (χ3v) is 5.06. The number of carbonyl (C=O) groups is 1. The highest BCUT2D eigenvalue weighted by Crippen LogP contribution is 2.50. The summed E-state index contributed by atoms with van der Waals surface area (Å²) < 4.78 is 0. The van der Waals surface area contributed by atoms with E-state index in [4.69, 9.17) is 11.6 Å². The van der Waals surface area contributed by atoms with E-state index in [1.54, 1.807) is 0 Å². The predicted octanol–water partition coefficient (Wildman–Crippen LogP) is 3.79. The van der Waals surface area contributed by atoms with Gasteiger partial charge >= 0.3 is 0 Å². The molecular formula is C17H19ClN2O. The molecule has 0 aliphatic heterocycles. The fraction of sp³-hybridized carbons (Fsp3) is 0.529. The molecule has 4 heteroatoms. The minimum Gasteiger partial charge on any atom is -0.338 e. The van der Waals surface area contributed by atoms with Crippen LogP contribution in [0.1, 0.15) is 50.0 Å². The third kappa shape index (κ3) is 2.91. The number of hydrogen-bond acceptors (Lipinski definition) is 2. The summed E-state index contributed by atoms with van der Waals surface area (Å²) in [6.07, 6.45) is 5.58. The van der Waals surface area contributed by atoms with Crippen LogP contribution in [-0.4, -0.2) is 11.4 Å². The van der Waals surface area contributed by atoms with Crippen molar-refractivity contribution in [3.8, 4) is 6.07 Å². The van der Waals surface area contributed by atoms with Crippen LogP contribution in [0.5, 0.6) is 0 Å². The van der Waals surface area contributed by atoms with Crippen molar-refractivity contribution >= 4 is 17.5 Å². The molecule has 0 bridgehead atoms. The Bertz CT molecular complexity index is 587. The van der Waals surface area contributed by atoms with E-state index < -0.39 is 5.54 Å². The molecule has 1 N–H and O–H groups in total. The first-order chi connectivity index (χ1) is 10.2. The predicted molar refractivity (Wildman–Crippen MR) is 81.9 cm³/mol. The molecule has 0 saturated heterocycles. The Kier molecular flexibility index (Phi) is 3.91. The molecule has 1 aromatic rings. The summed E-state index contributed by atoms with van der Waals surface area (Å²) in [7, 11) is 0. The fourth-order valence-electron chi connectivity index (χ4n) is 3.35. The molecule has 1 aromatic carbocycles. The summed E-state index contributed by atoms with van der Waals surface area (Å²) in [5, 5.41) is 13.2. The largest absolute Gasteiger partial charge is 0.338 e. The molecule has 0 aromatic heterocycles. The monoisotopic (exact) mass is 302 g/mol. The molecule has 2 fully saturated rings. The summed E-state index contributed by atoms with van der Waals surface area (Å²) >= 11 is 6.19. The molecule has 0 heterocycles. The van der Waals surface area contributed by atoms with E-state index in [0.29, 0.717) is 0 Å². The second-order valence-corrected chi connectivity index (χ2v) is 6.62. The van der Waals surface area contributed by atoms with Gasteiger partial charge in [0.25, 0.3) is 0 Å². The lowest BCUT2D eigenvalue weighted by Gasteiger charge is -2.31. The first-order valence-corrected chi connectivity index (χ1v) is 8.01. The molecule has 0 spiro atoms. The Morgan fingerprint density at radius 3 is 2.67 bits per heavy atom. The summed E-state index contributed by atoms with van der Waals surface area (Å²) in [5.41, 5.74) is 0.414. The Morgan fingerprint density at radius 1 is 1.29 bits per heavy atom. The van der Waals surface area contributed by atoms with Crippen molar-refractivity contribution in [2.45, 2.75) is 50.0 Å². The van der Waals surface area contributed by atoms with Gasteiger partial charge in [0.15, 0.2) is 0 Å². The van der Waals surface area contributed by atoms with Crippen molar-refractivity contribution < 1.29 is 4.79 Å². The van der Waals surface area contributed by atoms with Crippen molar-refractivity contribution in [1.29, 1.82) is 5.26 Å². The van der Waals surface area contributed by atoms with Gasteiger partial charge in [-0.15, -0.1) is 0 Å². The lowest BCUT2D eigenvalue weighted by Crippen LogP contribution is -2.49. The average molecular weight is 303 g/mol. The number of benzene rings is 1. The first kappa shape index (κ1) is 14.4. The van der Waals surface area contributed by atoms with Gasteiger partial charge in [-0.1, -0.05) is 49.1 Å². The number of amides is 1. The van der Waals surface area contributed by atoms with Crippen LogP contribution in [0.15, 0.2) is 24.3 Å². The summed E-state index contributed by atoms with van der Waals surface area (Å²) in [4.78, 5) is 12.4. The third-order valence-electron chi connectivity index (χ3n) is 4.72. The van der Waals surface area contributed by atoms with Gasteiger partial charge in [-0.05, 0) is 36.8 Å². The van der Waals surface area contributed by atoms with Gasteiger partial charge in [-0.2, -0.15) is 5.26 Å². The number of rotatable bonds is 3. The highest BCUT2D eigenvalue weighted by molar-refractivity contribution is 6.31. The van der Waals surface area contributed by atoms with Crippen molar-refractivity contribution in [3.63, 3.8) is 0 Å². The zero-order chi connectivity index (χ0) is 14.9. The van der Waals surface area contributed by atoms with Gasteiger partial charge in [-0.25, -0.2) is 0 Å². The average Bonchev–Trinajstić information content (AvgIpc) is 3.29. The fourth-order valence-corrected chi connectivity index (χ4v) is 3.63. The van der Waals surface area contributed by atoms with E-state index in [0.717, 1.165) is 49.1 Å². The van der Waals surface area contributed by atoms with Gasteiger partial charge in [0.2, 0.25) is 5.91 Å². The number of nitriles is 1. The number of nitrogens with zero attached hydrogens (tertiary/aromatic N) is 1. The SMILES string of the molecule is N#CC1(NC(=O)C2CC2c2ccccc2Cl)CCCCC1. The molecule has 1 amide bonds. The number of nitrogens with one attached hydrogen (secondary N) is 1. The lowest BCUT2D eigenvalue weighted by atomic mass is 9.82. The molecule has 2 aliphatic carbocycles. The molecule has 2 atom stereocenters. The van der Waals surface area contributed by atoms with E-state index in [2.05, 4.69) is 11.4 Å². The maximum absolute atomic E-state index is 12.4. The zero-order valence-electron chi connectivity index (χ0n) is 11.9. The Morgan fingerprint density at radius 2 is 2.00 bits per heavy atom. The standard InChI is InChI=1S/C17H19ClN2O/c18-15-7-3-2-6-12(15)13-10-14(13)16(21)20-17(11-19)8-4-1-5-9-17/h2-3,6-7,13-14H,1,4-5,8-10H2,(H,20,21). The molecule has 3 nitrogen and oxygen atoms in total. The minimum atomic E-state index is -0.636. The second-order valence-electron chi connectivity index (χ2n) is 6.21. The molecule has 2 saturated carbocycles. The van der Waals surface area contributed by atoms with Crippen LogP contribution >= 0.6 is 11.6 Å². The van der Waals surface area contributed by atoms with Crippen molar-refractivity contribution in [1.82, 2.24) is 5.32 Å². The van der Waals surface area contributed by atoms with Crippen LogP contribution < -0.4 is 5.32 Å². The lowest BCUT2D eigenvalue weighted by molar-refractivity contribution is -0.124.